The Kier molecular flexibility index (Phi) is 4.47. The second-order valence-electron chi connectivity index (χ2n) is 3.71. The molecule has 1 saturated heterocycles. The van der Waals surface area contributed by atoms with Gasteiger partial charge >= 0.3 is 5.97 Å². The summed E-state index contributed by atoms with van der Waals surface area (Å²) < 4.78 is 23.1. The smallest absolute Gasteiger partial charge is 0.343 e. The van der Waals surface area contributed by atoms with E-state index in [1.54, 1.807) is 6.92 Å². The second kappa shape index (κ2) is 5.42. The van der Waals surface area contributed by atoms with Crippen molar-refractivity contribution in [2.24, 2.45) is 0 Å². The van der Waals surface area contributed by atoms with Gasteiger partial charge in [-0.25, -0.2) is 9.18 Å². The average Bonchev–Trinajstić information content (AvgIpc) is 2.63. The van der Waals surface area contributed by atoms with E-state index in [1.807, 2.05) is 6.92 Å². The minimum absolute atomic E-state index is 0.0130. The van der Waals surface area contributed by atoms with Crippen LogP contribution in [-0.2, 0) is 14.3 Å². The molecule has 1 rings (SSSR count). The minimum Gasteiger partial charge on any atom is -0.464 e. The number of carbonyl (C=O) groups excluding carboxylic acids is 1. The summed E-state index contributed by atoms with van der Waals surface area (Å²) in [5, 5.41) is 9.53. The fraction of sp³-hybridized carbons (Fsp3) is 0.900. The highest BCUT2D eigenvalue weighted by Gasteiger charge is 2.38. The number of alkyl halides is 1. The molecule has 1 aliphatic rings. The van der Waals surface area contributed by atoms with E-state index in [1.165, 1.54) is 0 Å². The highest BCUT2D eigenvalue weighted by atomic mass is 19.1. The van der Waals surface area contributed by atoms with E-state index in [2.05, 4.69) is 4.74 Å². The Morgan fingerprint density at radius 1 is 1.67 bits per heavy atom. The van der Waals surface area contributed by atoms with Crippen molar-refractivity contribution in [2.75, 3.05) is 6.61 Å². The molecule has 88 valence electrons. The number of hydrogen-bond acceptors (Lipinski definition) is 4. The van der Waals surface area contributed by atoms with E-state index in [0.29, 0.717) is 6.42 Å². The molecular weight excluding hydrogens is 203 g/mol. The van der Waals surface area contributed by atoms with Crippen LogP contribution in [0.2, 0.25) is 0 Å². The Hall–Kier alpha value is -0.680. The van der Waals surface area contributed by atoms with E-state index < -0.39 is 24.3 Å². The van der Waals surface area contributed by atoms with Gasteiger partial charge in [-0.15, -0.1) is 0 Å². The third-order valence-corrected chi connectivity index (χ3v) is 2.46. The van der Waals surface area contributed by atoms with Crippen LogP contribution in [0.3, 0.4) is 0 Å². The molecule has 0 radical (unpaired) electrons. The summed E-state index contributed by atoms with van der Waals surface area (Å²) in [5.74, 6) is -1.02. The van der Waals surface area contributed by atoms with Crippen molar-refractivity contribution in [1.82, 2.24) is 0 Å². The first-order valence-corrected chi connectivity index (χ1v) is 5.20. The number of aliphatic hydroxyl groups is 1. The molecule has 1 heterocycles. The molecule has 0 aliphatic carbocycles. The summed E-state index contributed by atoms with van der Waals surface area (Å²) in [6.07, 6.45) is -2.67. The summed E-state index contributed by atoms with van der Waals surface area (Å²) in [5.41, 5.74) is 0. The molecule has 0 aromatic carbocycles. The van der Waals surface area contributed by atoms with Crippen molar-refractivity contribution in [2.45, 2.75) is 51.2 Å². The van der Waals surface area contributed by atoms with Crippen molar-refractivity contribution in [3.63, 3.8) is 0 Å². The minimum atomic E-state index is -2.01. The maximum atomic E-state index is 13.4. The van der Waals surface area contributed by atoms with Crippen LogP contribution in [0, 0.1) is 0 Å². The van der Waals surface area contributed by atoms with Gasteiger partial charge in [-0.1, -0.05) is 0 Å². The largest absolute Gasteiger partial charge is 0.464 e. The van der Waals surface area contributed by atoms with Gasteiger partial charge in [-0.05, 0) is 26.7 Å². The molecule has 1 aliphatic heterocycles. The van der Waals surface area contributed by atoms with Gasteiger partial charge in [0.15, 0.2) is 0 Å². The van der Waals surface area contributed by atoms with Crippen molar-refractivity contribution in [3.8, 4) is 0 Å². The van der Waals surface area contributed by atoms with Crippen molar-refractivity contribution in [3.05, 3.63) is 0 Å². The highest BCUT2D eigenvalue weighted by Crippen LogP contribution is 2.24. The molecule has 4 atom stereocenters. The quantitative estimate of drug-likeness (QED) is 0.712. The molecule has 0 saturated carbocycles. The Morgan fingerprint density at radius 3 is 2.80 bits per heavy atom. The number of ether oxygens (including phenoxy) is 2. The summed E-state index contributed by atoms with van der Waals surface area (Å²) in [6.45, 7) is 3.55. The predicted molar refractivity (Wildman–Crippen MR) is 51.1 cm³/mol. The first-order valence-electron chi connectivity index (χ1n) is 5.20. The van der Waals surface area contributed by atoms with E-state index in [9.17, 15) is 14.3 Å². The zero-order valence-corrected chi connectivity index (χ0v) is 8.98. The van der Waals surface area contributed by atoms with Crippen LogP contribution in [-0.4, -0.2) is 42.2 Å². The monoisotopic (exact) mass is 220 g/mol. The van der Waals surface area contributed by atoms with E-state index in [-0.39, 0.29) is 12.7 Å². The first-order chi connectivity index (χ1) is 7.06. The molecule has 4 unspecified atom stereocenters. The van der Waals surface area contributed by atoms with Crippen LogP contribution in [0.1, 0.15) is 26.7 Å². The summed E-state index contributed by atoms with van der Waals surface area (Å²) >= 11 is 0. The summed E-state index contributed by atoms with van der Waals surface area (Å²) in [4.78, 5) is 11.0. The van der Waals surface area contributed by atoms with Crippen LogP contribution in [0.15, 0.2) is 0 Å². The normalized spacial score (nSPS) is 29.9. The predicted octanol–water partition coefficient (Wildman–Crippen LogP) is 0.816. The number of carbonyl (C=O) groups is 1. The van der Waals surface area contributed by atoms with Crippen molar-refractivity contribution < 1.29 is 23.8 Å². The first kappa shape index (κ1) is 12.4. The molecular formula is C10H17FO4. The van der Waals surface area contributed by atoms with Crippen molar-refractivity contribution >= 4 is 5.97 Å². The number of esters is 1. The van der Waals surface area contributed by atoms with Gasteiger partial charge in [0.1, 0.15) is 6.10 Å². The Labute approximate surface area is 88.4 Å². The van der Waals surface area contributed by atoms with Crippen LogP contribution in [0.4, 0.5) is 4.39 Å². The van der Waals surface area contributed by atoms with E-state index in [4.69, 9.17) is 4.74 Å². The van der Waals surface area contributed by atoms with Crippen LogP contribution < -0.4 is 0 Å². The number of hydrogen-bond donors (Lipinski definition) is 1. The molecule has 0 bridgehead atoms. The molecule has 0 spiro atoms. The molecule has 1 N–H and O–H groups in total. The molecule has 5 heteroatoms. The van der Waals surface area contributed by atoms with E-state index >= 15 is 0 Å². The van der Waals surface area contributed by atoms with Gasteiger partial charge in [0.05, 0.1) is 18.8 Å². The molecule has 1 fully saturated rings. The zero-order valence-electron chi connectivity index (χ0n) is 8.98. The number of aliphatic hydroxyl groups excluding tert-OH is 1. The number of halogens is 1. The van der Waals surface area contributed by atoms with Gasteiger partial charge in [-0.3, -0.25) is 0 Å². The lowest BCUT2D eigenvalue weighted by Gasteiger charge is -2.20. The lowest BCUT2D eigenvalue weighted by atomic mass is 10.1. The lowest BCUT2D eigenvalue weighted by Crippen LogP contribution is -2.40. The lowest BCUT2D eigenvalue weighted by molar-refractivity contribution is -0.158. The maximum absolute atomic E-state index is 13.4. The molecule has 0 aromatic heterocycles. The summed E-state index contributed by atoms with van der Waals surface area (Å²) in [6, 6.07) is 0. The Morgan fingerprint density at radius 2 is 2.33 bits per heavy atom. The Balaban J connectivity index is 2.45. The molecule has 0 aromatic rings. The fourth-order valence-electron chi connectivity index (χ4n) is 1.63. The third-order valence-electron chi connectivity index (χ3n) is 2.46. The molecule has 4 nitrogen and oxygen atoms in total. The van der Waals surface area contributed by atoms with Crippen LogP contribution in [0.5, 0.6) is 0 Å². The van der Waals surface area contributed by atoms with Crippen LogP contribution in [0.25, 0.3) is 0 Å². The molecule has 0 amide bonds. The van der Waals surface area contributed by atoms with Gasteiger partial charge in [-0.2, -0.15) is 0 Å². The van der Waals surface area contributed by atoms with Crippen LogP contribution >= 0.6 is 0 Å². The van der Waals surface area contributed by atoms with Gasteiger partial charge < -0.3 is 14.6 Å². The second-order valence-corrected chi connectivity index (χ2v) is 3.71. The topological polar surface area (TPSA) is 55.8 Å². The number of rotatable bonds is 4. The SMILES string of the molecule is CCOC(=O)C(F)C(O)C1CCC(C)O1. The third kappa shape index (κ3) is 3.14. The van der Waals surface area contributed by atoms with Gasteiger partial charge in [0, 0.05) is 0 Å². The zero-order chi connectivity index (χ0) is 11.4. The maximum Gasteiger partial charge on any atom is 0.343 e. The fourth-order valence-corrected chi connectivity index (χ4v) is 1.63. The summed E-state index contributed by atoms with van der Waals surface area (Å²) in [7, 11) is 0. The average molecular weight is 220 g/mol. The molecule has 15 heavy (non-hydrogen) atoms. The highest BCUT2D eigenvalue weighted by molar-refractivity contribution is 5.75. The van der Waals surface area contributed by atoms with Gasteiger partial charge in [0.25, 0.3) is 0 Å². The van der Waals surface area contributed by atoms with Crippen molar-refractivity contribution in [1.29, 1.82) is 0 Å². The Bertz CT molecular complexity index is 221. The standard InChI is InChI=1S/C10H17FO4/c1-3-14-10(13)8(11)9(12)7-5-4-6(2)15-7/h6-9,12H,3-5H2,1-2H3. The van der Waals surface area contributed by atoms with E-state index in [0.717, 1.165) is 6.42 Å². The van der Waals surface area contributed by atoms with Gasteiger partial charge in [0.2, 0.25) is 6.17 Å².